The second kappa shape index (κ2) is 9.10. The van der Waals surface area contributed by atoms with Crippen molar-refractivity contribution in [2.75, 3.05) is 46.2 Å². The van der Waals surface area contributed by atoms with Crippen LogP contribution >= 0.6 is 12.4 Å². The van der Waals surface area contributed by atoms with E-state index in [-0.39, 0.29) is 35.4 Å². The fraction of sp³-hybridized carbons (Fsp3) is 0.533. The van der Waals surface area contributed by atoms with E-state index in [4.69, 9.17) is 9.47 Å². The van der Waals surface area contributed by atoms with Crippen molar-refractivity contribution in [2.45, 2.75) is 11.3 Å². The molecule has 0 spiro atoms. The van der Waals surface area contributed by atoms with Crippen molar-refractivity contribution in [1.82, 2.24) is 10.2 Å². The quantitative estimate of drug-likeness (QED) is 0.752. The Hall–Kier alpha value is -1.51. The standard InChI is InChI=1S/C15H22N2O5S.ClH/c1-16-6-7-17(2)15(18)5-10-23(19,20)12-3-4-13-14(11-12)22-9-8-21-13;/h3-4,11,16H,5-10H2,1-2H3;1H. The van der Waals surface area contributed by atoms with Crippen molar-refractivity contribution in [3.05, 3.63) is 18.2 Å². The molecule has 0 saturated heterocycles. The topological polar surface area (TPSA) is 84.9 Å². The number of carbonyl (C=O) groups excluding carboxylic acids is 1. The van der Waals surface area contributed by atoms with E-state index in [2.05, 4.69) is 5.32 Å². The van der Waals surface area contributed by atoms with E-state index in [1.165, 1.54) is 17.0 Å². The Morgan fingerprint density at radius 1 is 1.25 bits per heavy atom. The first-order valence-corrected chi connectivity index (χ1v) is 9.10. The lowest BCUT2D eigenvalue weighted by Gasteiger charge is -2.19. The molecule has 1 aromatic rings. The van der Waals surface area contributed by atoms with Gasteiger partial charge in [0.1, 0.15) is 13.2 Å². The number of fused-ring (bicyclic) bond motifs is 1. The maximum absolute atomic E-state index is 12.4. The van der Waals surface area contributed by atoms with Gasteiger partial charge in [-0.15, -0.1) is 12.4 Å². The van der Waals surface area contributed by atoms with E-state index >= 15 is 0 Å². The fourth-order valence-corrected chi connectivity index (χ4v) is 3.39. The van der Waals surface area contributed by atoms with Crippen LogP contribution in [-0.4, -0.2) is 65.4 Å². The van der Waals surface area contributed by atoms with Crippen LogP contribution in [0.1, 0.15) is 6.42 Å². The molecule has 0 radical (unpaired) electrons. The third-order valence-electron chi connectivity index (χ3n) is 3.58. The third-order valence-corrected chi connectivity index (χ3v) is 5.29. The highest BCUT2D eigenvalue weighted by Crippen LogP contribution is 2.32. The summed E-state index contributed by atoms with van der Waals surface area (Å²) < 4.78 is 35.5. The highest BCUT2D eigenvalue weighted by atomic mass is 35.5. The summed E-state index contributed by atoms with van der Waals surface area (Å²) in [4.78, 5) is 13.6. The lowest BCUT2D eigenvalue weighted by Crippen LogP contribution is -2.33. The van der Waals surface area contributed by atoms with Crippen LogP contribution in [-0.2, 0) is 14.6 Å². The lowest BCUT2D eigenvalue weighted by atomic mass is 10.3. The van der Waals surface area contributed by atoms with Crippen LogP contribution in [0.3, 0.4) is 0 Å². The number of benzene rings is 1. The highest BCUT2D eigenvalue weighted by Gasteiger charge is 2.21. The van der Waals surface area contributed by atoms with E-state index in [0.717, 1.165) is 0 Å². The summed E-state index contributed by atoms with van der Waals surface area (Å²) in [5.74, 6) is 0.546. The number of hydrogen-bond donors (Lipinski definition) is 1. The van der Waals surface area contributed by atoms with Crippen molar-refractivity contribution < 1.29 is 22.7 Å². The van der Waals surface area contributed by atoms with Crippen molar-refractivity contribution in [2.24, 2.45) is 0 Å². The van der Waals surface area contributed by atoms with Crippen molar-refractivity contribution in [3.8, 4) is 11.5 Å². The first kappa shape index (κ1) is 20.5. The largest absolute Gasteiger partial charge is 0.486 e. The number of rotatable bonds is 7. The Morgan fingerprint density at radius 2 is 1.92 bits per heavy atom. The van der Waals surface area contributed by atoms with Crippen LogP contribution in [0.4, 0.5) is 0 Å². The van der Waals surface area contributed by atoms with Crippen LogP contribution in [0.5, 0.6) is 11.5 Å². The molecule has 1 aliphatic rings. The Bertz CT molecular complexity index is 666. The van der Waals surface area contributed by atoms with Crippen molar-refractivity contribution in [3.63, 3.8) is 0 Å². The predicted octanol–water partition coefficient (Wildman–Crippen LogP) is 0.721. The average molecular weight is 379 g/mol. The Morgan fingerprint density at radius 3 is 2.58 bits per heavy atom. The van der Waals surface area contributed by atoms with Crippen molar-refractivity contribution in [1.29, 1.82) is 0 Å². The summed E-state index contributed by atoms with van der Waals surface area (Å²) in [7, 11) is -0.0822. The van der Waals surface area contributed by atoms with Crippen LogP contribution in [0.15, 0.2) is 23.1 Å². The van der Waals surface area contributed by atoms with E-state index in [1.54, 1.807) is 20.2 Å². The predicted molar refractivity (Wildman–Crippen MR) is 92.9 cm³/mol. The maximum atomic E-state index is 12.4. The fourth-order valence-electron chi connectivity index (χ4n) is 2.15. The van der Waals surface area contributed by atoms with Crippen LogP contribution < -0.4 is 14.8 Å². The highest BCUT2D eigenvalue weighted by molar-refractivity contribution is 7.91. The molecule has 0 unspecified atom stereocenters. The van der Waals surface area contributed by atoms with Crippen LogP contribution in [0, 0.1) is 0 Å². The second-order valence-corrected chi connectivity index (χ2v) is 7.40. The second-order valence-electron chi connectivity index (χ2n) is 5.29. The zero-order valence-corrected chi connectivity index (χ0v) is 15.4. The smallest absolute Gasteiger partial charge is 0.223 e. The molecule has 0 fully saturated rings. The lowest BCUT2D eigenvalue weighted by molar-refractivity contribution is -0.129. The molecule has 24 heavy (non-hydrogen) atoms. The number of likely N-dealkylation sites (N-methyl/N-ethyl adjacent to an activating group) is 2. The molecular formula is C15H23ClN2O5S. The first-order valence-electron chi connectivity index (χ1n) is 7.45. The van der Waals surface area contributed by atoms with Crippen molar-refractivity contribution >= 4 is 28.2 Å². The zero-order chi connectivity index (χ0) is 16.9. The molecule has 0 atom stereocenters. The number of nitrogens with one attached hydrogen (secondary N) is 1. The monoisotopic (exact) mass is 378 g/mol. The Labute approximate surface area is 148 Å². The van der Waals surface area contributed by atoms with E-state index in [0.29, 0.717) is 37.8 Å². The molecular weight excluding hydrogens is 356 g/mol. The molecule has 1 amide bonds. The molecule has 1 aliphatic heterocycles. The Kier molecular flexibility index (Phi) is 7.78. The molecule has 1 aromatic carbocycles. The maximum Gasteiger partial charge on any atom is 0.223 e. The van der Waals surface area contributed by atoms with Gasteiger partial charge in [-0.3, -0.25) is 4.79 Å². The molecule has 0 bridgehead atoms. The minimum absolute atomic E-state index is 0. The van der Waals surface area contributed by atoms with Gasteiger partial charge in [-0.2, -0.15) is 0 Å². The summed E-state index contributed by atoms with van der Waals surface area (Å²) in [6, 6.07) is 4.53. The summed E-state index contributed by atoms with van der Waals surface area (Å²) in [5.41, 5.74) is 0. The number of hydrogen-bond acceptors (Lipinski definition) is 6. The van der Waals surface area contributed by atoms with Gasteiger partial charge in [0.2, 0.25) is 5.91 Å². The van der Waals surface area contributed by atoms with E-state index in [9.17, 15) is 13.2 Å². The SMILES string of the molecule is CNCCN(C)C(=O)CCS(=O)(=O)c1ccc2c(c1)OCCO2.Cl. The van der Waals surface area contributed by atoms with Gasteiger partial charge >= 0.3 is 0 Å². The molecule has 0 aromatic heterocycles. The zero-order valence-electron chi connectivity index (χ0n) is 13.8. The van der Waals surface area contributed by atoms with Gasteiger partial charge in [0, 0.05) is 32.6 Å². The summed E-state index contributed by atoms with van der Waals surface area (Å²) in [6.07, 6.45) is -0.0447. The molecule has 1 N–H and O–H groups in total. The minimum atomic E-state index is -3.54. The van der Waals surface area contributed by atoms with Gasteiger partial charge in [-0.1, -0.05) is 0 Å². The number of amides is 1. The van der Waals surface area contributed by atoms with Gasteiger partial charge in [-0.05, 0) is 19.2 Å². The number of nitrogens with zero attached hydrogens (tertiary/aromatic N) is 1. The molecule has 2 rings (SSSR count). The van der Waals surface area contributed by atoms with Gasteiger partial charge in [-0.25, -0.2) is 8.42 Å². The van der Waals surface area contributed by atoms with Gasteiger partial charge in [0.15, 0.2) is 21.3 Å². The van der Waals surface area contributed by atoms with Crippen LogP contribution in [0.25, 0.3) is 0 Å². The molecule has 136 valence electrons. The van der Waals surface area contributed by atoms with E-state index in [1.807, 2.05) is 0 Å². The molecule has 7 nitrogen and oxygen atoms in total. The van der Waals surface area contributed by atoms with E-state index < -0.39 is 9.84 Å². The molecule has 9 heteroatoms. The van der Waals surface area contributed by atoms with Crippen LogP contribution in [0.2, 0.25) is 0 Å². The van der Waals surface area contributed by atoms with Gasteiger partial charge in [0.25, 0.3) is 0 Å². The number of halogens is 1. The summed E-state index contributed by atoms with van der Waals surface area (Å²) in [6.45, 7) is 2.05. The number of carbonyl (C=O) groups is 1. The summed E-state index contributed by atoms with van der Waals surface area (Å²) in [5, 5.41) is 2.94. The average Bonchev–Trinajstić information content (AvgIpc) is 2.57. The first-order chi connectivity index (χ1) is 10.9. The normalized spacial score (nSPS) is 13.1. The van der Waals surface area contributed by atoms with Gasteiger partial charge in [0.05, 0.1) is 10.6 Å². The number of ether oxygens (including phenoxy) is 2. The molecule has 1 heterocycles. The minimum Gasteiger partial charge on any atom is -0.486 e. The third kappa shape index (κ3) is 5.25. The molecule has 0 aliphatic carbocycles. The molecule has 0 saturated carbocycles. The number of sulfone groups is 1. The van der Waals surface area contributed by atoms with Gasteiger partial charge < -0.3 is 19.7 Å². The Balaban J connectivity index is 0.00000288. The summed E-state index contributed by atoms with van der Waals surface area (Å²) >= 11 is 0.